The minimum atomic E-state index is -0.339. The number of unbranched alkanes of at least 4 members (excludes halogenated alkanes) is 15. The van der Waals surface area contributed by atoms with Crippen molar-refractivity contribution >= 4 is 41.4 Å². The first-order valence-corrected chi connectivity index (χ1v) is 14.8. The molecule has 0 amide bonds. The zero-order chi connectivity index (χ0) is 16.3. The van der Waals surface area contributed by atoms with E-state index in [1.807, 2.05) is 11.4 Å². The van der Waals surface area contributed by atoms with Crippen LogP contribution in [0.3, 0.4) is 0 Å². The molecule has 0 unspecified atom stereocenters. The third-order valence-electron chi connectivity index (χ3n) is 4.20. The Balaban J connectivity index is 2.94. The molecule has 0 aliphatic carbocycles. The Bertz CT molecular complexity index is 201. The monoisotopic (exact) mass is 382 g/mol. The van der Waals surface area contributed by atoms with E-state index in [1.54, 1.807) is 0 Å². The number of thiol groups is 2. The maximum atomic E-state index is 4.32. The van der Waals surface area contributed by atoms with E-state index in [-0.39, 0.29) is 5.53 Å². The normalized spacial score (nSPS) is 11.5. The summed E-state index contributed by atoms with van der Waals surface area (Å²) in [4.78, 5) is 0. The summed E-state index contributed by atoms with van der Waals surface area (Å²) >= 11 is 10.6. The van der Waals surface area contributed by atoms with Crippen molar-refractivity contribution in [2.75, 3.05) is 5.75 Å². The summed E-state index contributed by atoms with van der Waals surface area (Å²) in [5.74, 6) is 1.25. The van der Waals surface area contributed by atoms with Crippen molar-refractivity contribution in [2.24, 2.45) is 0 Å². The molecule has 0 bridgehead atoms. The molecular weight excluding hydrogens is 343 g/mol. The van der Waals surface area contributed by atoms with Gasteiger partial charge in [-0.2, -0.15) is 0 Å². The highest BCUT2D eigenvalue weighted by atomic mass is 33.3. The van der Waals surface area contributed by atoms with Crippen molar-refractivity contribution < 1.29 is 0 Å². The van der Waals surface area contributed by atoms with Gasteiger partial charge in [-0.05, 0) is 12.2 Å². The van der Waals surface area contributed by atoms with Gasteiger partial charge in [0.25, 0.3) is 0 Å². The van der Waals surface area contributed by atoms with Crippen molar-refractivity contribution in [1.29, 1.82) is 0 Å². The molecule has 0 N–H and O–H groups in total. The van der Waals surface area contributed by atoms with Gasteiger partial charge in [-0.1, -0.05) is 103 Å². The summed E-state index contributed by atoms with van der Waals surface area (Å²) in [6, 6.07) is 0. The molecule has 0 aromatic heterocycles. The summed E-state index contributed by atoms with van der Waals surface area (Å²) in [6.07, 6.45) is 23.1. The van der Waals surface area contributed by atoms with E-state index < -0.39 is 0 Å². The van der Waals surface area contributed by atoms with E-state index in [4.69, 9.17) is 0 Å². The number of rotatable bonds is 18. The lowest BCUT2D eigenvalue weighted by molar-refractivity contribution is 0.532. The fourth-order valence-electron chi connectivity index (χ4n) is 2.80. The summed E-state index contributed by atoms with van der Waals surface area (Å²) in [5, 5.41) is 0. The second kappa shape index (κ2) is 20.5. The molecule has 0 heterocycles. The van der Waals surface area contributed by atoms with Gasteiger partial charge in [-0.15, -0.1) is 35.9 Å². The maximum absolute atomic E-state index is 4.32. The summed E-state index contributed by atoms with van der Waals surface area (Å²) < 4.78 is 0. The first kappa shape index (κ1) is 23.5. The van der Waals surface area contributed by atoms with Gasteiger partial charge in [-0.25, -0.2) is 0 Å². The van der Waals surface area contributed by atoms with Crippen molar-refractivity contribution in [3.05, 3.63) is 0 Å². The average Bonchev–Trinajstić information content (AvgIpc) is 2.50. The standard InChI is InChI=1S/C18H39PS3/c1-2-3-4-5-6-7-8-9-10-11-12-13-14-15-16-17-18-22-19(20)21/h20-21H,2-18H2,1H3. The molecule has 0 radical (unpaired) electrons. The van der Waals surface area contributed by atoms with Gasteiger partial charge >= 0.3 is 0 Å². The minimum Gasteiger partial charge on any atom is -0.130 e. The molecule has 0 saturated carbocycles. The Morgan fingerprint density at radius 3 is 1.18 bits per heavy atom. The zero-order valence-electron chi connectivity index (χ0n) is 14.8. The third-order valence-corrected chi connectivity index (χ3v) is 8.23. The third kappa shape index (κ3) is 21.5. The van der Waals surface area contributed by atoms with E-state index in [0.717, 1.165) is 0 Å². The molecule has 0 saturated heterocycles. The van der Waals surface area contributed by atoms with Gasteiger partial charge in [0.05, 0.1) is 5.53 Å². The van der Waals surface area contributed by atoms with Gasteiger partial charge in [0.2, 0.25) is 0 Å². The average molecular weight is 383 g/mol. The molecule has 0 nitrogen and oxygen atoms in total. The first-order chi connectivity index (χ1) is 10.8. The van der Waals surface area contributed by atoms with Gasteiger partial charge in [0, 0.05) is 0 Å². The topological polar surface area (TPSA) is 0 Å². The van der Waals surface area contributed by atoms with Crippen LogP contribution in [0, 0.1) is 0 Å². The highest BCUT2D eigenvalue weighted by Crippen LogP contribution is 2.58. The molecule has 0 aromatic rings. The number of hydrogen-bond acceptors (Lipinski definition) is 3. The maximum Gasteiger partial charge on any atom is 0.0666 e. The van der Waals surface area contributed by atoms with Crippen molar-refractivity contribution in [3.8, 4) is 0 Å². The van der Waals surface area contributed by atoms with Gasteiger partial charge in [0.15, 0.2) is 0 Å². The van der Waals surface area contributed by atoms with E-state index in [9.17, 15) is 0 Å². The Hall–Kier alpha value is 1.48. The molecule has 0 aliphatic rings. The van der Waals surface area contributed by atoms with E-state index in [1.165, 1.54) is 108 Å². The molecule has 0 aromatic carbocycles. The Morgan fingerprint density at radius 1 is 0.545 bits per heavy atom. The van der Waals surface area contributed by atoms with Crippen molar-refractivity contribution in [2.45, 2.75) is 110 Å². The largest absolute Gasteiger partial charge is 0.130 e. The lowest BCUT2D eigenvalue weighted by Gasteiger charge is -2.04. The fourth-order valence-corrected chi connectivity index (χ4v) is 5.64. The second-order valence-corrected chi connectivity index (χ2v) is 14.4. The molecule has 0 fully saturated rings. The Labute approximate surface area is 156 Å². The Kier molecular flexibility index (Phi) is 21.9. The van der Waals surface area contributed by atoms with Gasteiger partial charge in [0.1, 0.15) is 0 Å². The van der Waals surface area contributed by atoms with E-state index in [0.29, 0.717) is 0 Å². The van der Waals surface area contributed by atoms with Crippen molar-refractivity contribution in [1.82, 2.24) is 0 Å². The van der Waals surface area contributed by atoms with Crippen LogP contribution in [0.2, 0.25) is 0 Å². The molecule has 0 rings (SSSR count). The van der Waals surface area contributed by atoms with Gasteiger partial charge in [-0.3, -0.25) is 0 Å². The smallest absolute Gasteiger partial charge is 0.0666 e. The lowest BCUT2D eigenvalue weighted by Crippen LogP contribution is -1.84. The molecule has 0 spiro atoms. The quantitative estimate of drug-likeness (QED) is 0.135. The molecule has 4 heteroatoms. The predicted molar refractivity (Wildman–Crippen MR) is 117 cm³/mol. The van der Waals surface area contributed by atoms with E-state index >= 15 is 0 Å². The van der Waals surface area contributed by atoms with Crippen LogP contribution in [0.4, 0.5) is 0 Å². The molecule has 22 heavy (non-hydrogen) atoms. The summed E-state index contributed by atoms with van der Waals surface area (Å²) in [7, 11) is 0. The van der Waals surface area contributed by atoms with Gasteiger partial charge < -0.3 is 0 Å². The molecule has 134 valence electrons. The predicted octanol–water partition coefficient (Wildman–Crippen LogP) is 9.07. The van der Waals surface area contributed by atoms with Crippen LogP contribution in [-0.2, 0) is 0 Å². The highest BCUT2D eigenvalue weighted by molar-refractivity contribution is 9.06. The second-order valence-electron chi connectivity index (χ2n) is 6.39. The van der Waals surface area contributed by atoms with Crippen LogP contribution in [-0.4, -0.2) is 5.75 Å². The highest BCUT2D eigenvalue weighted by Gasteiger charge is 1.97. The van der Waals surface area contributed by atoms with Crippen LogP contribution >= 0.6 is 41.4 Å². The zero-order valence-corrected chi connectivity index (χ0v) is 18.3. The summed E-state index contributed by atoms with van der Waals surface area (Å²) in [5.41, 5.74) is -0.339. The van der Waals surface area contributed by atoms with Crippen molar-refractivity contribution in [3.63, 3.8) is 0 Å². The van der Waals surface area contributed by atoms with Crippen LogP contribution in [0.5, 0.6) is 0 Å². The van der Waals surface area contributed by atoms with Crippen LogP contribution in [0.25, 0.3) is 0 Å². The molecule has 0 aliphatic heterocycles. The molecular formula is C18H39PS3. The van der Waals surface area contributed by atoms with Crippen LogP contribution in [0.1, 0.15) is 110 Å². The fraction of sp³-hybridized carbons (Fsp3) is 1.00. The SMILES string of the molecule is CCCCCCCCCCCCCCCCCCSP(S)S. The van der Waals surface area contributed by atoms with Crippen LogP contribution in [0.15, 0.2) is 0 Å². The summed E-state index contributed by atoms with van der Waals surface area (Å²) in [6.45, 7) is 2.29. The number of hydrogen-bond donors (Lipinski definition) is 2. The molecule has 0 atom stereocenters. The first-order valence-electron chi connectivity index (χ1n) is 9.58. The lowest BCUT2D eigenvalue weighted by atomic mass is 10.0. The van der Waals surface area contributed by atoms with Crippen LogP contribution < -0.4 is 0 Å². The minimum absolute atomic E-state index is 0.339. The van der Waals surface area contributed by atoms with E-state index in [2.05, 4.69) is 31.4 Å². The Morgan fingerprint density at radius 2 is 0.864 bits per heavy atom.